The van der Waals surface area contributed by atoms with Gasteiger partial charge in [0, 0.05) is 29.7 Å². The molecule has 2 aromatic carbocycles. The molecule has 4 rings (SSSR count). The zero-order valence-corrected chi connectivity index (χ0v) is 15.6. The van der Waals surface area contributed by atoms with Crippen molar-refractivity contribution in [1.29, 1.82) is 0 Å². The minimum absolute atomic E-state index is 0.0679. The van der Waals surface area contributed by atoms with Crippen LogP contribution in [0.3, 0.4) is 0 Å². The molecule has 0 aliphatic carbocycles. The first-order chi connectivity index (χ1) is 13.0. The van der Waals surface area contributed by atoms with E-state index in [0.29, 0.717) is 35.4 Å². The van der Waals surface area contributed by atoms with E-state index in [1.807, 2.05) is 0 Å². The number of amides is 1. The van der Waals surface area contributed by atoms with Gasteiger partial charge in [-0.05, 0) is 30.3 Å². The molecule has 2 heterocycles. The van der Waals surface area contributed by atoms with Crippen LogP contribution in [-0.4, -0.2) is 31.6 Å². The monoisotopic (exact) mass is 407 g/mol. The van der Waals surface area contributed by atoms with Crippen LogP contribution in [0.2, 0.25) is 10.0 Å². The second kappa shape index (κ2) is 7.29. The Labute approximate surface area is 165 Å². The first-order valence-electron chi connectivity index (χ1n) is 8.38. The predicted octanol–water partition coefficient (Wildman–Crippen LogP) is 3.72. The quantitative estimate of drug-likeness (QED) is 0.572. The summed E-state index contributed by atoms with van der Waals surface area (Å²) >= 11 is 11.9. The van der Waals surface area contributed by atoms with Crippen molar-refractivity contribution in [3.63, 3.8) is 0 Å². The van der Waals surface area contributed by atoms with Crippen molar-refractivity contribution in [3.8, 4) is 17.2 Å². The van der Waals surface area contributed by atoms with Crippen molar-refractivity contribution in [2.45, 2.75) is 6.42 Å². The maximum atomic E-state index is 12.5. The van der Waals surface area contributed by atoms with Gasteiger partial charge in [0.2, 0.25) is 5.91 Å². The number of fused-ring (bicyclic) bond motifs is 1. The summed E-state index contributed by atoms with van der Waals surface area (Å²) < 4.78 is 16.4. The zero-order chi connectivity index (χ0) is 19.0. The van der Waals surface area contributed by atoms with E-state index in [-0.39, 0.29) is 29.6 Å². The molecule has 0 bridgehead atoms. The second-order valence-electron chi connectivity index (χ2n) is 6.23. The Hall–Kier alpha value is -2.44. The van der Waals surface area contributed by atoms with E-state index < -0.39 is 11.9 Å². The predicted molar refractivity (Wildman–Crippen MR) is 100.0 cm³/mol. The Bertz CT molecular complexity index is 917. The van der Waals surface area contributed by atoms with Crippen molar-refractivity contribution in [2.24, 2.45) is 5.92 Å². The lowest BCUT2D eigenvalue weighted by Gasteiger charge is -2.22. The number of hydrogen-bond acceptors (Lipinski definition) is 5. The van der Waals surface area contributed by atoms with Crippen molar-refractivity contribution in [2.75, 3.05) is 24.7 Å². The Morgan fingerprint density at radius 3 is 2.63 bits per heavy atom. The van der Waals surface area contributed by atoms with Crippen LogP contribution in [0.5, 0.6) is 17.2 Å². The highest BCUT2D eigenvalue weighted by atomic mass is 35.5. The molecule has 6 nitrogen and oxygen atoms in total. The minimum atomic E-state index is -0.586. The highest BCUT2D eigenvalue weighted by Crippen LogP contribution is 2.36. The molecule has 8 heteroatoms. The normalized spacial score (nSPS) is 18.5. The van der Waals surface area contributed by atoms with Crippen molar-refractivity contribution >= 4 is 40.8 Å². The standard InChI is InChI=1S/C19H15Cl2NO5/c20-12-1-3-15(14(21)8-12)27-19(24)11-7-18(23)22(10-11)13-2-4-16-17(9-13)26-6-5-25-16/h1-4,8-9,11H,5-7,10H2. The summed E-state index contributed by atoms with van der Waals surface area (Å²) in [6.07, 6.45) is 0.0679. The molecule has 1 fully saturated rings. The fourth-order valence-corrected chi connectivity index (χ4v) is 3.51. The molecule has 2 aromatic rings. The Kier molecular flexibility index (Phi) is 4.85. The molecule has 0 radical (unpaired) electrons. The van der Waals surface area contributed by atoms with E-state index in [1.54, 1.807) is 29.2 Å². The molecule has 0 aromatic heterocycles. The van der Waals surface area contributed by atoms with Gasteiger partial charge in [-0.25, -0.2) is 0 Å². The molecule has 0 spiro atoms. The van der Waals surface area contributed by atoms with Gasteiger partial charge in [-0.3, -0.25) is 9.59 Å². The average Bonchev–Trinajstić information content (AvgIpc) is 3.05. The molecular formula is C19H15Cl2NO5. The maximum absolute atomic E-state index is 12.5. The highest BCUT2D eigenvalue weighted by Gasteiger charge is 2.37. The summed E-state index contributed by atoms with van der Waals surface area (Å²) in [6, 6.07) is 9.88. The lowest BCUT2D eigenvalue weighted by Crippen LogP contribution is -2.27. The zero-order valence-electron chi connectivity index (χ0n) is 14.1. The van der Waals surface area contributed by atoms with Crippen molar-refractivity contribution in [3.05, 3.63) is 46.4 Å². The summed E-state index contributed by atoms with van der Waals surface area (Å²) in [5.74, 6) is 0.202. The summed E-state index contributed by atoms with van der Waals surface area (Å²) in [4.78, 5) is 26.4. The molecule has 1 unspecified atom stereocenters. The number of anilines is 1. The van der Waals surface area contributed by atoms with Gasteiger partial charge in [0.05, 0.1) is 10.9 Å². The lowest BCUT2D eigenvalue weighted by atomic mass is 10.1. The molecule has 1 atom stereocenters. The summed E-state index contributed by atoms with van der Waals surface area (Å²) in [7, 11) is 0. The van der Waals surface area contributed by atoms with E-state index >= 15 is 0 Å². The third kappa shape index (κ3) is 3.68. The van der Waals surface area contributed by atoms with Gasteiger partial charge in [0.15, 0.2) is 11.5 Å². The average molecular weight is 408 g/mol. The number of rotatable bonds is 3. The number of carbonyl (C=O) groups is 2. The van der Waals surface area contributed by atoms with Gasteiger partial charge < -0.3 is 19.1 Å². The summed E-state index contributed by atoms with van der Waals surface area (Å²) in [5, 5.41) is 0.685. The molecule has 1 amide bonds. The van der Waals surface area contributed by atoms with Crippen LogP contribution < -0.4 is 19.1 Å². The van der Waals surface area contributed by atoms with Gasteiger partial charge in [-0.2, -0.15) is 0 Å². The number of nitrogens with zero attached hydrogens (tertiary/aromatic N) is 1. The molecule has 1 saturated heterocycles. The van der Waals surface area contributed by atoms with Crippen LogP contribution in [0.15, 0.2) is 36.4 Å². The van der Waals surface area contributed by atoms with E-state index in [2.05, 4.69) is 0 Å². The maximum Gasteiger partial charge on any atom is 0.316 e. The van der Waals surface area contributed by atoms with Crippen LogP contribution in [0.25, 0.3) is 0 Å². The third-order valence-corrected chi connectivity index (χ3v) is 4.93. The van der Waals surface area contributed by atoms with E-state index in [0.717, 1.165) is 0 Å². The van der Waals surface area contributed by atoms with Crippen LogP contribution in [0.4, 0.5) is 5.69 Å². The Morgan fingerprint density at radius 2 is 1.85 bits per heavy atom. The smallest absolute Gasteiger partial charge is 0.316 e. The molecule has 0 saturated carbocycles. The SMILES string of the molecule is O=C(Oc1ccc(Cl)cc1Cl)C1CC(=O)N(c2ccc3c(c2)OCCO3)C1. The van der Waals surface area contributed by atoms with E-state index in [1.165, 1.54) is 12.1 Å². The third-order valence-electron chi connectivity index (χ3n) is 4.40. The fraction of sp³-hybridized carbons (Fsp3) is 0.263. The first-order valence-corrected chi connectivity index (χ1v) is 9.13. The first kappa shape index (κ1) is 17.9. The Morgan fingerprint density at radius 1 is 1.07 bits per heavy atom. The van der Waals surface area contributed by atoms with Crippen molar-refractivity contribution < 1.29 is 23.8 Å². The van der Waals surface area contributed by atoms with Gasteiger partial charge in [-0.1, -0.05) is 23.2 Å². The molecule has 27 heavy (non-hydrogen) atoms. The van der Waals surface area contributed by atoms with Crippen LogP contribution in [0, 0.1) is 5.92 Å². The minimum Gasteiger partial charge on any atom is -0.486 e. The second-order valence-corrected chi connectivity index (χ2v) is 7.07. The lowest BCUT2D eigenvalue weighted by molar-refractivity contribution is -0.139. The fourth-order valence-electron chi connectivity index (χ4n) is 3.06. The summed E-state index contributed by atoms with van der Waals surface area (Å²) in [5.41, 5.74) is 0.657. The molecule has 2 aliphatic heterocycles. The highest BCUT2D eigenvalue weighted by molar-refractivity contribution is 6.35. The molecular weight excluding hydrogens is 393 g/mol. The van der Waals surface area contributed by atoms with E-state index in [9.17, 15) is 9.59 Å². The van der Waals surface area contributed by atoms with E-state index in [4.69, 9.17) is 37.4 Å². The van der Waals surface area contributed by atoms with Gasteiger partial charge in [-0.15, -0.1) is 0 Å². The number of ether oxygens (including phenoxy) is 3. The van der Waals surface area contributed by atoms with Crippen molar-refractivity contribution in [1.82, 2.24) is 0 Å². The number of halogens is 2. The van der Waals surface area contributed by atoms with Gasteiger partial charge in [0.25, 0.3) is 0 Å². The molecule has 0 N–H and O–H groups in total. The molecule has 2 aliphatic rings. The number of hydrogen-bond donors (Lipinski definition) is 0. The number of carbonyl (C=O) groups excluding carboxylic acids is 2. The largest absolute Gasteiger partial charge is 0.486 e. The summed E-state index contributed by atoms with van der Waals surface area (Å²) in [6.45, 7) is 1.18. The topological polar surface area (TPSA) is 65.1 Å². The van der Waals surface area contributed by atoms with Crippen LogP contribution >= 0.6 is 23.2 Å². The van der Waals surface area contributed by atoms with Crippen LogP contribution in [0.1, 0.15) is 6.42 Å². The van der Waals surface area contributed by atoms with Crippen LogP contribution in [-0.2, 0) is 9.59 Å². The number of esters is 1. The van der Waals surface area contributed by atoms with Gasteiger partial charge >= 0.3 is 5.97 Å². The Balaban J connectivity index is 1.48. The van der Waals surface area contributed by atoms with Gasteiger partial charge in [0.1, 0.15) is 19.0 Å². The molecule has 140 valence electrons. The number of benzene rings is 2.